The second-order valence-electron chi connectivity index (χ2n) is 4.39. The summed E-state index contributed by atoms with van der Waals surface area (Å²) in [5.41, 5.74) is 0.0635. The van der Waals surface area contributed by atoms with Crippen LogP contribution in [0.25, 0.3) is 0 Å². The van der Waals surface area contributed by atoms with Crippen molar-refractivity contribution < 1.29 is 13.9 Å². The zero-order valence-electron chi connectivity index (χ0n) is 11.5. The van der Waals surface area contributed by atoms with Crippen LogP contribution in [0.1, 0.15) is 28.1 Å². The number of halogens is 2. The van der Waals surface area contributed by atoms with E-state index in [0.717, 1.165) is 5.76 Å². The molecule has 0 spiro atoms. The molecule has 2 rings (SSSR count). The maximum absolute atomic E-state index is 12.3. The third-order valence-corrected chi connectivity index (χ3v) is 3.29. The molecule has 1 amide bonds. The molecule has 0 aliphatic rings. The Morgan fingerprint density at radius 3 is 2.76 bits per heavy atom. The number of ether oxygens (including phenoxy) is 1. The molecule has 2 aromatic rings. The van der Waals surface area contributed by atoms with Gasteiger partial charge in [-0.05, 0) is 31.2 Å². The van der Waals surface area contributed by atoms with Gasteiger partial charge in [-0.1, -0.05) is 23.2 Å². The van der Waals surface area contributed by atoms with E-state index in [0.29, 0.717) is 5.76 Å². The minimum Gasteiger partial charge on any atom is -0.464 e. The first-order valence-electron chi connectivity index (χ1n) is 6.19. The molecule has 2 heterocycles. The minimum atomic E-state index is -0.446. The van der Waals surface area contributed by atoms with Crippen LogP contribution >= 0.6 is 23.2 Å². The van der Waals surface area contributed by atoms with Gasteiger partial charge < -0.3 is 14.5 Å². The van der Waals surface area contributed by atoms with Gasteiger partial charge in [0, 0.05) is 7.11 Å². The molecule has 1 unspecified atom stereocenters. The number of nitrogens with zero attached hydrogens (tertiary/aromatic N) is 1. The summed E-state index contributed by atoms with van der Waals surface area (Å²) in [5, 5.41) is 3.19. The molecule has 0 fully saturated rings. The molecule has 5 nitrogen and oxygen atoms in total. The second kappa shape index (κ2) is 6.93. The molecule has 0 radical (unpaired) electrons. The lowest BCUT2D eigenvalue weighted by molar-refractivity contribution is 0.0877. The van der Waals surface area contributed by atoms with E-state index < -0.39 is 11.9 Å². The van der Waals surface area contributed by atoms with E-state index in [2.05, 4.69) is 10.3 Å². The number of aryl methyl sites for hydroxylation is 1. The molecule has 0 aromatic carbocycles. The summed E-state index contributed by atoms with van der Waals surface area (Å²) in [6.45, 7) is 2.08. The Morgan fingerprint density at radius 2 is 2.14 bits per heavy atom. The highest BCUT2D eigenvalue weighted by molar-refractivity contribution is 6.34. The number of hydrogen-bond acceptors (Lipinski definition) is 4. The second-order valence-corrected chi connectivity index (χ2v) is 5.19. The lowest BCUT2D eigenvalue weighted by Gasteiger charge is -2.16. The SMILES string of the molecule is COCC(NC(=O)c1nc(Cl)ccc1Cl)c1ccc(C)o1. The topological polar surface area (TPSA) is 64.4 Å². The van der Waals surface area contributed by atoms with Gasteiger partial charge in [-0.15, -0.1) is 0 Å². The highest BCUT2D eigenvalue weighted by Crippen LogP contribution is 2.20. The molecule has 0 aliphatic carbocycles. The van der Waals surface area contributed by atoms with E-state index in [9.17, 15) is 4.79 Å². The van der Waals surface area contributed by atoms with Crippen LogP contribution in [0.15, 0.2) is 28.7 Å². The van der Waals surface area contributed by atoms with Gasteiger partial charge in [0.1, 0.15) is 28.4 Å². The normalized spacial score (nSPS) is 12.2. The number of amides is 1. The molecule has 0 saturated heterocycles. The van der Waals surface area contributed by atoms with Gasteiger partial charge in [-0.3, -0.25) is 4.79 Å². The zero-order chi connectivity index (χ0) is 15.4. The highest BCUT2D eigenvalue weighted by Gasteiger charge is 2.21. The van der Waals surface area contributed by atoms with Crippen molar-refractivity contribution in [2.45, 2.75) is 13.0 Å². The van der Waals surface area contributed by atoms with Crippen LogP contribution in [0, 0.1) is 6.92 Å². The molecule has 2 aromatic heterocycles. The molecule has 21 heavy (non-hydrogen) atoms. The Kier molecular flexibility index (Phi) is 5.22. The van der Waals surface area contributed by atoms with Gasteiger partial charge in [-0.25, -0.2) is 4.98 Å². The number of pyridine rings is 1. The highest BCUT2D eigenvalue weighted by atomic mass is 35.5. The van der Waals surface area contributed by atoms with Crippen LogP contribution in [0.5, 0.6) is 0 Å². The maximum Gasteiger partial charge on any atom is 0.272 e. The van der Waals surface area contributed by atoms with Crippen molar-refractivity contribution in [1.82, 2.24) is 10.3 Å². The average Bonchev–Trinajstić information content (AvgIpc) is 2.87. The van der Waals surface area contributed by atoms with Gasteiger partial charge in [0.15, 0.2) is 0 Å². The zero-order valence-corrected chi connectivity index (χ0v) is 13.0. The summed E-state index contributed by atoms with van der Waals surface area (Å²) in [7, 11) is 1.54. The molecule has 1 N–H and O–H groups in total. The van der Waals surface area contributed by atoms with Crippen LogP contribution in [-0.2, 0) is 4.74 Å². The van der Waals surface area contributed by atoms with Crippen molar-refractivity contribution in [3.8, 4) is 0 Å². The number of aromatic nitrogens is 1. The number of nitrogens with one attached hydrogen (secondary N) is 1. The molecule has 0 saturated carbocycles. The van der Waals surface area contributed by atoms with Crippen LogP contribution in [0.4, 0.5) is 0 Å². The van der Waals surface area contributed by atoms with E-state index >= 15 is 0 Å². The largest absolute Gasteiger partial charge is 0.464 e. The van der Waals surface area contributed by atoms with Gasteiger partial charge in [0.2, 0.25) is 0 Å². The number of carbonyl (C=O) groups excluding carboxylic acids is 1. The van der Waals surface area contributed by atoms with Crippen LogP contribution in [0.3, 0.4) is 0 Å². The summed E-state index contributed by atoms with van der Waals surface area (Å²) in [5.74, 6) is 0.902. The maximum atomic E-state index is 12.3. The van der Waals surface area contributed by atoms with Gasteiger partial charge in [0.05, 0.1) is 11.6 Å². The quantitative estimate of drug-likeness (QED) is 0.854. The first-order valence-corrected chi connectivity index (χ1v) is 6.95. The first kappa shape index (κ1) is 15.8. The van der Waals surface area contributed by atoms with E-state index in [-0.39, 0.29) is 22.5 Å². The molecule has 0 aliphatic heterocycles. The van der Waals surface area contributed by atoms with Crippen molar-refractivity contribution >= 4 is 29.1 Å². The fraction of sp³-hybridized carbons (Fsp3) is 0.286. The van der Waals surface area contributed by atoms with E-state index in [1.54, 1.807) is 13.2 Å². The monoisotopic (exact) mass is 328 g/mol. The third kappa shape index (κ3) is 3.97. The van der Waals surface area contributed by atoms with Crippen molar-refractivity contribution in [3.05, 3.63) is 51.7 Å². The number of methoxy groups -OCH3 is 1. The average molecular weight is 329 g/mol. The van der Waals surface area contributed by atoms with E-state index in [1.165, 1.54) is 12.1 Å². The lowest BCUT2D eigenvalue weighted by atomic mass is 10.2. The van der Waals surface area contributed by atoms with Gasteiger partial charge >= 0.3 is 0 Å². The van der Waals surface area contributed by atoms with E-state index in [4.69, 9.17) is 32.4 Å². The number of furan rings is 1. The summed E-state index contributed by atoms with van der Waals surface area (Å²) in [6, 6.07) is 6.20. The van der Waals surface area contributed by atoms with Gasteiger partial charge in [0.25, 0.3) is 5.91 Å². The van der Waals surface area contributed by atoms with Crippen molar-refractivity contribution in [2.24, 2.45) is 0 Å². The summed E-state index contributed by atoms with van der Waals surface area (Å²) < 4.78 is 10.6. The third-order valence-electron chi connectivity index (χ3n) is 2.77. The number of carbonyl (C=O) groups is 1. The minimum absolute atomic E-state index is 0.0635. The Hall–Kier alpha value is -1.56. The Morgan fingerprint density at radius 1 is 1.38 bits per heavy atom. The Bertz CT molecular complexity index is 643. The smallest absolute Gasteiger partial charge is 0.272 e. The van der Waals surface area contributed by atoms with E-state index in [1.807, 2.05) is 13.0 Å². The molecule has 7 heteroatoms. The molecule has 112 valence electrons. The molecular formula is C14H14Cl2N2O3. The first-order chi connectivity index (χ1) is 10.0. The number of rotatable bonds is 5. The van der Waals surface area contributed by atoms with Crippen LogP contribution in [-0.4, -0.2) is 24.6 Å². The molecule has 0 bridgehead atoms. The standard InChI is InChI=1S/C14H14Cl2N2O3/c1-8-3-5-11(21-8)10(7-20-2)17-14(19)13-9(15)4-6-12(16)18-13/h3-6,10H,7H2,1-2H3,(H,17,19). The fourth-order valence-corrected chi connectivity index (χ4v) is 2.15. The Balaban J connectivity index is 2.20. The van der Waals surface area contributed by atoms with Crippen LogP contribution < -0.4 is 5.32 Å². The van der Waals surface area contributed by atoms with Crippen LogP contribution in [0.2, 0.25) is 10.2 Å². The predicted molar refractivity (Wildman–Crippen MR) is 79.8 cm³/mol. The van der Waals surface area contributed by atoms with Crippen molar-refractivity contribution in [1.29, 1.82) is 0 Å². The number of hydrogen-bond donors (Lipinski definition) is 1. The summed E-state index contributed by atoms with van der Waals surface area (Å²) in [4.78, 5) is 16.2. The predicted octanol–water partition coefficient (Wildman–Crippen LogP) is 3.41. The van der Waals surface area contributed by atoms with Gasteiger partial charge in [-0.2, -0.15) is 0 Å². The molecular weight excluding hydrogens is 315 g/mol. The summed E-state index contributed by atoms with van der Waals surface area (Å²) in [6.07, 6.45) is 0. The fourth-order valence-electron chi connectivity index (χ4n) is 1.81. The van der Waals surface area contributed by atoms with Crippen molar-refractivity contribution in [2.75, 3.05) is 13.7 Å². The summed E-state index contributed by atoms with van der Waals surface area (Å²) >= 11 is 11.8. The lowest BCUT2D eigenvalue weighted by Crippen LogP contribution is -2.31. The Labute approximate surface area is 132 Å². The molecule has 1 atom stereocenters. The van der Waals surface area contributed by atoms with Crippen molar-refractivity contribution in [3.63, 3.8) is 0 Å².